The molecule has 0 aliphatic heterocycles. The molecule has 0 amide bonds. The normalized spacial score (nSPS) is 27.2. The van der Waals surface area contributed by atoms with Gasteiger partial charge in [0.15, 0.2) is 0 Å². The third kappa shape index (κ3) is 4.29. The van der Waals surface area contributed by atoms with Gasteiger partial charge in [-0.25, -0.2) is 0 Å². The molecule has 2 atom stereocenters. The van der Waals surface area contributed by atoms with E-state index in [0.29, 0.717) is 17.7 Å². The van der Waals surface area contributed by atoms with E-state index in [-0.39, 0.29) is 0 Å². The summed E-state index contributed by atoms with van der Waals surface area (Å²) in [5.41, 5.74) is 7.69. The van der Waals surface area contributed by atoms with Gasteiger partial charge in [0.05, 0.1) is 12.7 Å². The number of nitrogens with two attached hydrogens (primary N) is 1. The minimum Gasteiger partial charge on any atom is -0.389 e. The lowest BCUT2D eigenvalue weighted by molar-refractivity contribution is -0.00915. The first-order chi connectivity index (χ1) is 9.04. The Balaban J connectivity index is 1.86. The molecule has 0 heterocycles. The third-order valence-corrected chi connectivity index (χ3v) is 4.10. The van der Waals surface area contributed by atoms with E-state index in [1.807, 2.05) is 24.3 Å². The summed E-state index contributed by atoms with van der Waals surface area (Å²) >= 11 is 4.94. The van der Waals surface area contributed by atoms with Gasteiger partial charge in [0, 0.05) is 5.56 Å². The number of ether oxygens (including phenoxy) is 1. The van der Waals surface area contributed by atoms with Crippen LogP contribution < -0.4 is 5.73 Å². The number of rotatable bonds is 4. The second-order valence-electron chi connectivity index (χ2n) is 5.91. The molecular weight excluding hydrogens is 254 g/mol. The van der Waals surface area contributed by atoms with Crippen molar-refractivity contribution in [2.75, 3.05) is 0 Å². The quantitative estimate of drug-likeness (QED) is 0.853. The van der Waals surface area contributed by atoms with Crippen LogP contribution in [0, 0.1) is 11.8 Å². The van der Waals surface area contributed by atoms with E-state index in [9.17, 15) is 0 Å². The summed E-state index contributed by atoms with van der Waals surface area (Å²) in [6, 6.07) is 8.02. The minimum absolute atomic E-state index is 0.411. The van der Waals surface area contributed by atoms with Crippen molar-refractivity contribution in [2.45, 2.75) is 45.8 Å². The predicted octanol–water partition coefficient (Wildman–Crippen LogP) is 3.66. The summed E-state index contributed by atoms with van der Waals surface area (Å²) in [7, 11) is 0. The van der Waals surface area contributed by atoms with Gasteiger partial charge in [-0.05, 0) is 36.7 Å². The molecule has 2 rings (SSSR count). The molecule has 1 saturated carbocycles. The van der Waals surface area contributed by atoms with Crippen molar-refractivity contribution in [1.29, 1.82) is 0 Å². The van der Waals surface area contributed by atoms with Crippen LogP contribution in [0.25, 0.3) is 0 Å². The number of hydrogen-bond donors (Lipinski definition) is 1. The Labute approximate surface area is 121 Å². The van der Waals surface area contributed by atoms with Gasteiger partial charge in [0.25, 0.3) is 0 Å². The molecule has 1 aliphatic rings. The van der Waals surface area contributed by atoms with Crippen molar-refractivity contribution in [3.05, 3.63) is 35.4 Å². The number of benzene rings is 1. The van der Waals surface area contributed by atoms with E-state index in [4.69, 9.17) is 22.7 Å². The van der Waals surface area contributed by atoms with Gasteiger partial charge in [-0.3, -0.25) is 0 Å². The van der Waals surface area contributed by atoms with Gasteiger partial charge in [0.1, 0.15) is 4.99 Å². The molecule has 2 N–H and O–H groups in total. The van der Waals surface area contributed by atoms with Crippen LogP contribution in [-0.2, 0) is 11.3 Å². The molecule has 19 heavy (non-hydrogen) atoms. The first-order valence-electron chi connectivity index (χ1n) is 7.05. The zero-order valence-electron chi connectivity index (χ0n) is 11.8. The van der Waals surface area contributed by atoms with E-state index >= 15 is 0 Å². The minimum atomic E-state index is 0.411. The average molecular weight is 277 g/mol. The fraction of sp³-hybridized carbons (Fsp3) is 0.562. The molecule has 1 aromatic carbocycles. The lowest BCUT2D eigenvalue weighted by Gasteiger charge is -2.31. The van der Waals surface area contributed by atoms with Crippen molar-refractivity contribution in [3.8, 4) is 0 Å². The highest BCUT2D eigenvalue weighted by atomic mass is 32.1. The second kappa shape index (κ2) is 6.49. The largest absolute Gasteiger partial charge is 0.389 e. The molecule has 0 aromatic heterocycles. The van der Waals surface area contributed by atoms with E-state index in [1.54, 1.807) is 0 Å². The molecule has 0 saturated heterocycles. The Morgan fingerprint density at radius 2 is 1.74 bits per heavy atom. The molecule has 104 valence electrons. The molecule has 2 unspecified atom stereocenters. The molecule has 3 heteroatoms. The maximum atomic E-state index is 6.05. The molecule has 0 radical (unpaired) electrons. The Morgan fingerprint density at radius 1 is 1.16 bits per heavy atom. The fourth-order valence-corrected chi connectivity index (χ4v) is 3.12. The summed E-state index contributed by atoms with van der Waals surface area (Å²) in [6.45, 7) is 5.33. The first kappa shape index (κ1) is 14.5. The predicted molar refractivity (Wildman–Crippen MR) is 83.1 cm³/mol. The van der Waals surface area contributed by atoms with Crippen molar-refractivity contribution < 1.29 is 4.74 Å². The molecule has 1 fully saturated rings. The highest BCUT2D eigenvalue weighted by Gasteiger charge is 2.24. The smallest absolute Gasteiger partial charge is 0.103 e. The van der Waals surface area contributed by atoms with Crippen LogP contribution in [0.2, 0.25) is 0 Å². The summed E-state index contributed by atoms with van der Waals surface area (Å²) in [5, 5.41) is 0. The average Bonchev–Trinajstić information content (AvgIpc) is 2.36. The van der Waals surface area contributed by atoms with Crippen LogP contribution in [-0.4, -0.2) is 11.1 Å². The summed E-state index contributed by atoms with van der Waals surface area (Å²) in [5.74, 6) is 1.57. The van der Waals surface area contributed by atoms with Crippen LogP contribution in [0.15, 0.2) is 24.3 Å². The molecule has 1 aliphatic carbocycles. The van der Waals surface area contributed by atoms with Gasteiger partial charge in [-0.2, -0.15) is 0 Å². The van der Waals surface area contributed by atoms with Crippen molar-refractivity contribution in [2.24, 2.45) is 17.6 Å². The topological polar surface area (TPSA) is 35.2 Å². The zero-order chi connectivity index (χ0) is 13.8. The van der Waals surface area contributed by atoms with E-state index in [2.05, 4.69) is 13.8 Å². The van der Waals surface area contributed by atoms with Crippen molar-refractivity contribution >= 4 is 17.2 Å². The van der Waals surface area contributed by atoms with E-state index in [1.165, 1.54) is 24.8 Å². The first-order valence-corrected chi connectivity index (χ1v) is 7.45. The maximum Gasteiger partial charge on any atom is 0.103 e. The van der Waals surface area contributed by atoms with Gasteiger partial charge in [0.2, 0.25) is 0 Å². The van der Waals surface area contributed by atoms with Crippen LogP contribution >= 0.6 is 12.2 Å². The summed E-state index contributed by atoms with van der Waals surface area (Å²) < 4.78 is 6.05. The monoisotopic (exact) mass is 277 g/mol. The van der Waals surface area contributed by atoms with E-state index < -0.39 is 0 Å². The molecular formula is C16H23NOS. The fourth-order valence-electron chi connectivity index (χ4n) is 2.99. The lowest BCUT2D eigenvalue weighted by Crippen LogP contribution is -2.26. The second-order valence-corrected chi connectivity index (χ2v) is 6.35. The number of hydrogen-bond acceptors (Lipinski definition) is 2. The van der Waals surface area contributed by atoms with E-state index in [0.717, 1.165) is 17.4 Å². The van der Waals surface area contributed by atoms with Gasteiger partial charge in [-0.1, -0.05) is 50.3 Å². The Morgan fingerprint density at radius 3 is 2.26 bits per heavy atom. The molecule has 0 spiro atoms. The lowest BCUT2D eigenvalue weighted by atomic mass is 9.82. The Bertz CT molecular complexity index is 419. The summed E-state index contributed by atoms with van der Waals surface area (Å²) in [6.07, 6.45) is 4.13. The Kier molecular flexibility index (Phi) is 4.94. The van der Waals surface area contributed by atoms with Gasteiger partial charge < -0.3 is 10.5 Å². The van der Waals surface area contributed by atoms with Crippen LogP contribution in [0.4, 0.5) is 0 Å². The molecule has 2 nitrogen and oxygen atoms in total. The van der Waals surface area contributed by atoms with Gasteiger partial charge >= 0.3 is 0 Å². The zero-order valence-corrected chi connectivity index (χ0v) is 12.6. The van der Waals surface area contributed by atoms with Gasteiger partial charge in [-0.15, -0.1) is 0 Å². The molecule has 1 aromatic rings. The third-order valence-electron chi connectivity index (χ3n) is 3.86. The van der Waals surface area contributed by atoms with Crippen molar-refractivity contribution in [3.63, 3.8) is 0 Å². The highest BCUT2D eigenvalue weighted by molar-refractivity contribution is 7.80. The van der Waals surface area contributed by atoms with Crippen LogP contribution in [0.5, 0.6) is 0 Å². The van der Waals surface area contributed by atoms with Crippen LogP contribution in [0.1, 0.15) is 44.2 Å². The van der Waals surface area contributed by atoms with Crippen molar-refractivity contribution in [1.82, 2.24) is 0 Å². The molecule has 0 bridgehead atoms. The SMILES string of the molecule is CC1CC(C)CC(OCc2ccc(C(N)=S)cc2)C1. The number of thiocarbonyl (C=S) groups is 1. The highest BCUT2D eigenvalue weighted by Crippen LogP contribution is 2.30. The van der Waals surface area contributed by atoms with Crippen LogP contribution in [0.3, 0.4) is 0 Å². The summed E-state index contributed by atoms with van der Waals surface area (Å²) in [4.78, 5) is 0.447. The standard InChI is InChI=1S/C16H23NOS/c1-11-7-12(2)9-15(8-11)18-10-13-3-5-14(6-4-13)16(17)19/h3-6,11-12,15H,7-10H2,1-2H3,(H2,17,19). The maximum absolute atomic E-state index is 6.05. The Hall–Kier alpha value is -0.930.